The number of urea groups is 1. The maximum atomic E-state index is 12.4. The number of halogens is 1. The van der Waals surface area contributed by atoms with Gasteiger partial charge in [0.2, 0.25) is 5.91 Å². The van der Waals surface area contributed by atoms with E-state index in [0.29, 0.717) is 0 Å². The number of anilines is 1. The highest BCUT2D eigenvalue weighted by Gasteiger charge is 2.27. The molecule has 1 aliphatic carbocycles. The van der Waals surface area contributed by atoms with Crippen LogP contribution in [0.15, 0.2) is 24.3 Å². The van der Waals surface area contributed by atoms with Crippen LogP contribution in [0.1, 0.15) is 39.0 Å². The minimum atomic E-state index is -0.365. The molecule has 1 aliphatic heterocycles. The summed E-state index contributed by atoms with van der Waals surface area (Å²) in [6.45, 7) is 5.05. The summed E-state index contributed by atoms with van der Waals surface area (Å²) >= 11 is 6.08. The lowest BCUT2D eigenvalue weighted by Crippen LogP contribution is -2.56. The van der Waals surface area contributed by atoms with Gasteiger partial charge >= 0.3 is 6.03 Å². The molecule has 27 heavy (non-hydrogen) atoms. The van der Waals surface area contributed by atoms with Crippen molar-refractivity contribution in [3.05, 3.63) is 29.3 Å². The summed E-state index contributed by atoms with van der Waals surface area (Å²) in [6, 6.07) is 7.33. The maximum Gasteiger partial charge on any atom is 0.321 e. The largest absolute Gasteiger partial charge is 0.369 e. The summed E-state index contributed by atoms with van der Waals surface area (Å²) < 4.78 is 0. The summed E-state index contributed by atoms with van der Waals surface area (Å²) in [7, 11) is 0. The topological polar surface area (TPSA) is 64.7 Å². The molecule has 6 nitrogen and oxygen atoms in total. The zero-order chi connectivity index (χ0) is 19.2. The number of carbonyl (C=O) groups excluding carboxylic acids is 2. The number of carbonyl (C=O) groups is 2. The Labute approximate surface area is 166 Å². The van der Waals surface area contributed by atoms with Crippen molar-refractivity contribution in [1.82, 2.24) is 15.5 Å². The first-order chi connectivity index (χ1) is 13.0. The first-order valence-electron chi connectivity index (χ1n) is 9.89. The van der Waals surface area contributed by atoms with Crippen molar-refractivity contribution in [3.63, 3.8) is 0 Å². The molecule has 3 amide bonds. The highest BCUT2D eigenvalue weighted by atomic mass is 35.5. The lowest BCUT2D eigenvalue weighted by atomic mass is 9.96. The SMILES string of the molecule is C[C@@H](C(=O)NC(=O)NC1CCCCC1)N1CCN(c2cccc(Cl)c2)CC1. The smallest absolute Gasteiger partial charge is 0.321 e. The van der Waals surface area contributed by atoms with Gasteiger partial charge in [-0.2, -0.15) is 0 Å². The van der Waals surface area contributed by atoms with Crippen LogP contribution in [0.3, 0.4) is 0 Å². The van der Waals surface area contributed by atoms with Gasteiger partial charge in [0.25, 0.3) is 0 Å². The van der Waals surface area contributed by atoms with Crippen LogP contribution < -0.4 is 15.5 Å². The molecule has 0 bridgehead atoms. The molecule has 2 fully saturated rings. The summed E-state index contributed by atoms with van der Waals surface area (Å²) in [5, 5.41) is 6.17. The molecular formula is C20H29ClN4O2. The molecule has 7 heteroatoms. The van der Waals surface area contributed by atoms with Crippen molar-refractivity contribution < 1.29 is 9.59 Å². The Morgan fingerprint density at radius 2 is 1.81 bits per heavy atom. The molecule has 2 aliphatic rings. The molecule has 1 saturated heterocycles. The van der Waals surface area contributed by atoms with E-state index in [0.717, 1.165) is 62.6 Å². The zero-order valence-corrected chi connectivity index (χ0v) is 16.7. The number of rotatable bonds is 4. The number of imide groups is 1. The Kier molecular flexibility index (Phi) is 6.96. The first-order valence-corrected chi connectivity index (χ1v) is 10.3. The summed E-state index contributed by atoms with van der Waals surface area (Å²) in [4.78, 5) is 28.9. The van der Waals surface area contributed by atoms with Gasteiger partial charge in [0.1, 0.15) is 0 Å². The predicted octanol–water partition coefficient (Wildman–Crippen LogP) is 3.01. The van der Waals surface area contributed by atoms with E-state index in [1.807, 2.05) is 31.2 Å². The van der Waals surface area contributed by atoms with Gasteiger partial charge < -0.3 is 10.2 Å². The third-order valence-electron chi connectivity index (χ3n) is 5.59. The van der Waals surface area contributed by atoms with Crippen molar-refractivity contribution in [3.8, 4) is 0 Å². The van der Waals surface area contributed by atoms with E-state index < -0.39 is 0 Å². The fourth-order valence-electron chi connectivity index (χ4n) is 3.89. The monoisotopic (exact) mass is 392 g/mol. The molecule has 1 saturated carbocycles. The molecule has 148 valence electrons. The highest BCUT2D eigenvalue weighted by Crippen LogP contribution is 2.21. The Bertz CT molecular complexity index is 655. The molecule has 0 spiro atoms. The molecule has 1 aromatic rings. The van der Waals surface area contributed by atoms with E-state index in [4.69, 9.17) is 11.6 Å². The molecule has 3 rings (SSSR count). The van der Waals surface area contributed by atoms with Crippen LogP contribution >= 0.6 is 11.6 Å². The Balaban J connectivity index is 1.44. The second-order valence-corrected chi connectivity index (χ2v) is 7.91. The molecule has 0 radical (unpaired) electrons. The number of amides is 3. The number of nitrogens with one attached hydrogen (secondary N) is 2. The van der Waals surface area contributed by atoms with E-state index >= 15 is 0 Å². The number of piperazine rings is 1. The Morgan fingerprint density at radius 3 is 2.48 bits per heavy atom. The normalized spacial score (nSPS) is 20.1. The van der Waals surface area contributed by atoms with Crippen molar-refractivity contribution in [2.75, 3.05) is 31.1 Å². The van der Waals surface area contributed by atoms with Crippen molar-refractivity contribution >= 4 is 29.2 Å². The quantitative estimate of drug-likeness (QED) is 0.826. The van der Waals surface area contributed by atoms with Gasteiger partial charge in [-0.1, -0.05) is 36.9 Å². The van der Waals surface area contributed by atoms with Gasteiger partial charge in [0.05, 0.1) is 6.04 Å². The van der Waals surface area contributed by atoms with Crippen LogP contribution in [0, 0.1) is 0 Å². The van der Waals surface area contributed by atoms with Gasteiger partial charge in [-0.15, -0.1) is 0 Å². The lowest BCUT2D eigenvalue weighted by Gasteiger charge is -2.38. The zero-order valence-electron chi connectivity index (χ0n) is 15.9. The molecule has 1 atom stereocenters. The average molecular weight is 393 g/mol. The van der Waals surface area contributed by atoms with E-state index in [1.165, 1.54) is 6.42 Å². The third-order valence-corrected chi connectivity index (χ3v) is 5.83. The first kappa shape index (κ1) is 20.0. The molecule has 1 aromatic carbocycles. The minimum absolute atomic E-state index is 0.197. The predicted molar refractivity (Wildman–Crippen MR) is 108 cm³/mol. The van der Waals surface area contributed by atoms with Crippen LogP contribution in [-0.2, 0) is 4.79 Å². The number of nitrogens with zero attached hydrogens (tertiary/aromatic N) is 2. The Hall–Kier alpha value is -1.79. The van der Waals surface area contributed by atoms with Crippen LogP contribution in [0.25, 0.3) is 0 Å². The lowest BCUT2D eigenvalue weighted by molar-refractivity contribution is -0.124. The molecule has 0 unspecified atom stereocenters. The van der Waals surface area contributed by atoms with E-state index in [2.05, 4.69) is 20.4 Å². The van der Waals surface area contributed by atoms with E-state index in [1.54, 1.807) is 0 Å². The van der Waals surface area contributed by atoms with Crippen molar-refractivity contribution in [2.24, 2.45) is 0 Å². The van der Waals surface area contributed by atoms with Crippen molar-refractivity contribution in [2.45, 2.75) is 51.1 Å². The maximum absolute atomic E-state index is 12.4. The van der Waals surface area contributed by atoms with Gasteiger partial charge in [0.15, 0.2) is 0 Å². The summed E-state index contributed by atoms with van der Waals surface area (Å²) in [6.07, 6.45) is 5.53. The van der Waals surface area contributed by atoms with Gasteiger partial charge in [-0.3, -0.25) is 15.0 Å². The van der Waals surface area contributed by atoms with Crippen LogP contribution in [0.4, 0.5) is 10.5 Å². The summed E-state index contributed by atoms with van der Waals surface area (Å²) in [5.41, 5.74) is 1.10. The molecule has 1 heterocycles. The number of benzene rings is 1. The second-order valence-electron chi connectivity index (χ2n) is 7.48. The van der Waals surface area contributed by atoms with Gasteiger partial charge in [0, 0.05) is 42.9 Å². The average Bonchev–Trinajstić information content (AvgIpc) is 2.68. The number of hydrogen-bond donors (Lipinski definition) is 2. The minimum Gasteiger partial charge on any atom is -0.369 e. The highest BCUT2D eigenvalue weighted by molar-refractivity contribution is 6.30. The summed E-state index contributed by atoms with van der Waals surface area (Å²) in [5.74, 6) is -0.237. The van der Waals surface area contributed by atoms with Crippen LogP contribution in [0.2, 0.25) is 5.02 Å². The van der Waals surface area contributed by atoms with Gasteiger partial charge in [-0.25, -0.2) is 4.79 Å². The second kappa shape index (κ2) is 9.42. The van der Waals surface area contributed by atoms with Gasteiger partial charge in [-0.05, 0) is 38.0 Å². The molecule has 2 N–H and O–H groups in total. The fourth-order valence-corrected chi connectivity index (χ4v) is 4.08. The van der Waals surface area contributed by atoms with E-state index in [-0.39, 0.29) is 24.0 Å². The molecule has 0 aromatic heterocycles. The van der Waals surface area contributed by atoms with E-state index in [9.17, 15) is 9.59 Å². The third kappa shape index (κ3) is 5.59. The Morgan fingerprint density at radius 1 is 1.11 bits per heavy atom. The standard InChI is InChI=1S/C20H29ClN4O2/c1-15(19(26)23-20(27)22-17-7-3-2-4-8-17)24-10-12-25(13-11-24)18-9-5-6-16(21)14-18/h5-6,9,14-15,17H,2-4,7-8,10-13H2,1H3,(H2,22,23,26,27)/t15-/m0/s1. The fraction of sp³-hybridized carbons (Fsp3) is 0.600. The molecular weight excluding hydrogens is 364 g/mol. The number of hydrogen-bond acceptors (Lipinski definition) is 4. The van der Waals surface area contributed by atoms with Crippen LogP contribution in [-0.4, -0.2) is 55.1 Å². The van der Waals surface area contributed by atoms with Crippen LogP contribution in [0.5, 0.6) is 0 Å². The van der Waals surface area contributed by atoms with Crippen molar-refractivity contribution in [1.29, 1.82) is 0 Å².